The van der Waals surface area contributed by atoms with Crippen LogP contribution in [-0.4, -0.2) is 45.8 Å². The molecule has 0 bridgehead atoms. The minimum atomic E-state index is -3.82. The van der Waals surface area contributed by atoms with E-state index < -0.39 is 16.0 Å². The number of carbonyl (C=O) groups is 1. The lowest BCUT2D eigenvalue weighted by Crippen LogP contribution is -2.33. The van der Waals surface area contributed by atoms with Crippen molar-refractivity contribution >= 4 is 21.7 Å². The highest BCUT2D eigenvalue weighted by atomic mass is 32.2. The highest BCUT2D eigenvalue weighted by molar-refractivity contribution is 7.89. The topological polar surface area (TPSA) is 105 Å². The molecule has 8 heteroatoms. The van der Waals surface area contributed by atoms with Crippen LogP contribution < -0.4 is 10.0 Å². The Morgan fingerprint density at radius 2 is 2.09 bits per heavy atom. The summed E-state index contributed by atoms with van der Waals surface area (Å²) in [6.45, 7) is 4.56. The Morgan fingerprint density at radius 3 is 2.65 bits per heavy atom. The van der Waals surface area contributed by atoms with E-state index in [9.17, 15) is 13.2 Å². The number of hydrogen-bond donors (Lipinski definition) is 3. The Hall–Kier alpha value is -1.64. The second kappa shape index (κ2) is 8.85. The SMILES string of the molecule is CCCC(C)NS(=O)(=O)c1cc(C(=O)O)ccc1NCCOC. The van der Waals surface area contributed by atoms with Crippen LogP contribution in [0.3, 0.4) is 0 Å². The Balaban J connectivity index is 3.16. The van der Waals surface area contributed by atoms with E-state index in [1.807, 2.05) is 6.92 Å². The second-order valence-electron chi connectivity index (χ2n) is 5.25. The van der Waals surface area contributed by atoms with Gasteiger partial charge in [0.05, 0.1) is 17.9 Å². The molecule has 0 heterocycles. The maximum atomic E-state index is 12.6. The summed E-state index contributed by atoms with van der Waals surface area (Å²) in [6.07, 6.45) is 1.54. The van der Waals surface area contributed by atoms with Crippen molar-refractivity contribution in [3.63, 3.8) is 0 Å². The maximum Gasteiger partial charge on any atom is 0.335 e. The van der Waals surface area contributed by atoms with E-state index in [2.05, 4.69) is 10.0 Å². The fourth-order valence-corrected chi connectivity index (χ4v) is 3.62. The zero-order valence-electron chi connectivity index (χ0n) is 13.6. The van der Waals surface area contributed by atoms with Crippen molar-refractivity contribution in [1.29, 1.82) is 0 Å². The number of carboxylic acid groups (broad SMARTS) is 1. The van der Waals surface area contributed by atoms with Gasteiger partial charge in [-0.25, -0.2) is 17.9 Å². The van der Waals surface area contributed by atoms with Crippen LogP contribution in [0.4, 0.5) is 5.69 Å². The van der Waals surface area contributed by atoms with Crippen molar-refractivity contribution in [2.45, 2.75) is 37.6 Å². The normalized spacial score (nSPS) is 12.8. The second-order valence-corrected chi connectivity index (χ2v) is 6.93. The number of aromatic carboxylic acids is 1. The molecular weight excluding hydrogens is 320 g/mol. The maximum absolute atomic E-state index is 12.6. The molecule has 1 rings (SSSR count). The van der Waals surface area contributed by atoms with Gasteiger partial charge in [0.2, 0.25) is 10.0 Å². The third kappa shape index (κ3) is 5.81. The summed E-state index contributed by atoms with van der Waals surface area (Å²) in [5.74, 6) is -1.17. The van der Waals surface area contributed by atoms with Crippen molar-refractivity contribution in [1.82, 2.24) is 4.72 Å². The quantitative estimate of drug-likeness (QED) is 0.560. The fourth-order valence-electron chi connectivity index (χ4n) is 2.13. The predicted molar refractivity (Wildman–Crippen MR) is 88.5 cm³/mol. The zero-order valence-corrected chi connectivity index (χ0v) is 14.4. The van der Waals surface area contributed by atoms with Gasteiger partial charge in [-0.3, -0.25) is 0 Å². The molecule has 1 aromatic rings. The smallest absolute Gasteiger partial charge is 0.335 e. The summed E-state index contributed by atoms with van der Waals surface area (Å²) in [4.78, 5) is 11.0. The molecule has 0 spiro atoms. The van der Waals surface area contributed by atoms with E-state index in [1.54, 1.807) is 14.0 Å². The van der Waals surface area contributed by atoms with Gasteiger partial charge < -0.3 is 15.2 Å². The standard InChI is InChI=1S/C15H24N2O5S/c1-4-5-11(2)17-23(20,21)14-10-12(15(18)19)6-7-13(14)16-8-9-22-3/h6-7,10-11,16-17H,4-5,8-9H2,1-3H3,(H,18,19). The number of methoxy groups -OCH3 is 1. The molecule has 1 aromatic carbocycles. The molecule has 130 valence electrons. The Kier molecular flexibility index (Phi) is 7.47. The van der Waals surface area contributed by atoms with E-state index in [0.717, 1.165) is 6.42 Å². The van der Waals surface area contributed by atoms with Gasteiger partial charge in [0, 0.05) is 19.7 Å². The number of sulfonamides is 1. The first-order chi connectivity index (χ1) is 10.8. The van der Waals surface area contributed by atoms with Gasteiger partial charge in [0.15, 0.2) is 0 Å². The van der Waals surface area contributed by atoms with Crippen LogP contribution in [0.2, 0.25) is 0 Å². The van der Waals surface area contributed by atoms with Gasteiger partial charge in [-0.2, -0.15) is 0 Å². The number of benzene rings is 1. The molecule has 0 aliphatic heterocycles. The summed E-state index contributed by atoms with van der Waals surface area (Å²) in [7, 11) is -2.28. The van der Waals surface area contributed by atoms with Crippen molar-refractivity contribution in [3.05, 3.63) is 23.8 Å². The minimum Gasteiger partial charge on any atom is -0.478 e. The third-order valence-corrected chi connectivity index (χ3v) is 4.85. The molecular formula is C15H24N2O5S. The molecule has 0 radical (unpaired) electrons. The first-order valence-electron chi connectivity index (χ1n) is 7.44. The van der Waals surface area contributed by atoms with Crippen LogP contribution in [0.5, 0.6) is 0 Å². The van der Waals surface area contributed by atoms with E-state index in [4.69, 9.17) is 9.84 Å². The Bertz CT molecular complexity index is 631. The average Bonchev–Trinajstić information content (AvgIpc) is 2.47. The number of nitrogens with one attached hydrogen (secondary N) is 2. The molecule has 0 saturated carbocycles. The summed E-state index contributed by atoms with van der Waals surface area (Å²) in [6, 6.07) is 3.76. The molecule has 0 fully saturated rings. The third-order valence-electron chi connectivity index (χ3n) is 3.22. The number of ether oxygens (including phenoxy) is 1. The molecule has 1 unspecified atom stereocenters. The van der Waals surface area contributed by atoms with Crippen LogP contribution >= 0.6 is 0 Å². The van der Waals surface area contributed by atoms with Crippen LogP contribution in [0.1, 0.15) is 37.0 Å². The zero-order chi connectivity index (χ0) is 17.5. The molecule has 0 saturated heterocycles. The molecule has 23 heavy (non-hydrogen) atoms. The van der Waals surface area contributed by atoms with Gasteiger partial charge in [0.1, 0.15) is 4.90 Å². The largest absolute Gasteiger partial charge is 0.478 e. The number of hydrogen-bond acceptors (Lipinski definition) is 5. The number of rotatable bonds is 10. The highest BCUT2D eigenvalue weighted by Crippen LogP contribution is 2.23. The van der Waals surface area contributed by atoms with Crippen molar-refractivity contribution in [3.8, 4) is 0 Å². The fraction of sp³-hybridized carbons (Fsp3) is 0.533. The molecule has 0 amide bonds. The minimum absolute atomic E-state index is 0.0727. The van der Waals surface area contributed by atoms with Crippen LogP contribution in [0.15, 0.2) is 23.1 Å². The highest BCUT2D eigenvalue weighted by Gasteiger charge is 2.22. The van der Waals surface area contributed by atoms with E-state index in [-0.39, 0.29) is 16.5 Å². The van der Waals surface area contributed by atoms with Gasteiger partial charge >= 0.3 is 5.97 Å². The summed E-state index contributed by atoms with van der Waals surface area (Å²) < 4.78 is 32.6. The van der Waals surface area contributed by atoms with Crippen LogP contribution in [-0.2, 0) is 14.8 Å². The van der Waals surface area contributed by atoms with E-state index in [0.29, 0.717) is 25.3 Å². The van der Waals surface area contributed by atoms with Crippen LogP contribution in [0.25, 0.3) is 0 Å². The molecule has 7 nitrogen and oxygen atoms in total. The predicted octanol–water partition coefficient (Wildman–Crippen LogP) is 1.91. The van der Waals surface area contributed by atoms with Gasteiger partial charge in [-0.15, -0.1) is 0 Å². The van der Waals surface area contributed by atoms with Gasteiger partial charge in [-0.1, -0.05) is 13.3 Å². The van der Waals surface area contributed by atoms with Crippen molar-refractivity contribution < 1.29 is 23.1 Å². The van der Waals surface area contributed by atoms with Crippen molar-refractivity contribution in [2.75, 3.05) is 25.6 Å². The summed E-state index contributed by atoms with van der Waals surface area (Å²) in [5.41, 5.74) is 0.272. The molecule has 3 N–H and O–H groups in total. The first-order valence-corrected chi connectivity index (χ1v) is 8.92. The monoisotopic (exact) mass is 344 g/mol. The average molecular weight is 344 g/mol. The van der Waals surface area contributed by atoms with Crippen LogP contribution in [0, 0.1) is 0 Å². The number of carboxylic acids is 1. The Labute approximate surface area is 137 Å². The molecule has 0 aliphatic carbocycles. The van der Waals surface area contributed by atoms with E-state index >= 15 is 0 Å². The summed E-state index contributed by atoms with van der Waals surface area (Å²) >= 11 is 0. The lowest BCUT2D eigenvalue weighted by molar-refractivity contribution is 0.0696. The van der Waals surface area contributed by atoms with E-state index in [1.165, 1.54) is 18.2 Å². The Morgan fingerprint density at radius 1 is 1.39 bits per heavy atom. The number of anilines is 1. The molecule has 0 aliphatic rings. The molecule has 1 atom stereocenters. The first kappa shape index (κ1) is 19.4. The molecule has 0 aromatic heterocycles. The van der Waals surface area contributed by atoms with Gasteiger partial charge in [0.25, 0.3) is 0 Å². The summed E-state index contributed by atoms with van der Waals surface area (Å²) in [5, 5.41) is 12.0. The van der Waals surface area contributed by atoms with Crippen molar-refractivity contribution in [2.24, 2.45) is 0 Å². The lowest BCUT2D eigenvalue weighted by Gasteiger charge is -2.17. The lowest BCUT2D eigenvalue weighted by atomic mass is 10.2. The van der Waals surface area contributed by atoms with Gasteiger partial charge in [-0.05, 0) is 31.5 Å².